The number of carbonyl (C=O) groups is 1. The number of fused-ring (bicyclic) bond motifs is 1. The van der Waals surface area contributed by atoms with Crippen molar-refractivity contribution in [1.82, 2.24) is 29.5 Å². The van der Waals surface area contributed by atoms with Gasteiger partial charge < -0.3 is 5.32 Å². The number of hydrogen-bond donors (Lipinski definition) is 2. The number of anilines is 1. The van der Waals surface area contributed by atoms with Crippen LogP contribution in [0.4, 0.5) is 11.5 Å². The summed E-state index contributed by atoms with van der Waals surface area (Å²) in [4.78, 5) is 43.4. The minimum absolute atomic E-state index is 0.00446. The number of halogens is 2. The number of nitrogens with one attached hydrogen (secondary N) is 2. The van der Waals surface area contributed by atoms with Crippen molar-refractivity contribution in [3.63, 3.8) is 0 Å². The van der Waals surface area contributed by atoms with Crippen LogP contribution in [0.2, 0.25) is 10.0 Å². The zero-order chi connectivity index (χ0) is 25.6. The summed E-state index contributed by atoms with van der Waals surface area (Å²) in [5.74, 6) is -0.557. The van der Waals surface area contributed by atoms with Crippen LogP contribution >= 0.6 is 23.2 Å². The van der Waals surface area contributed by atoms with E-state index in [2.05, 4.69) is 25.5 Å². The van der Waals surface area contributed by atoms with Crippen molar-refractivity contribution >= 4 is 51.6 Å². The highest BCUT2D eigenvalue weighted by Crippen LogP contribution is 2.24. The topological polar surface area (TPSA) is 154 Å². The molecule has 0 saturated heterocycles. The Balaban J connectivity index is 1.58. The lowest BCUT2D eigenvalue weighted by atomic mass is 10.2. The van der Waals surface area contributed by atoms with Crippen LogP contribution in [0.5, 0.6) is 0 Å². The SMILES string of the molecule is Cc1cc(NC(=O)c2cc([N+](=O)[O-])ccc2Cl)n(-c2nc3c(cnn3-c3cccc(Cl)c3)c(=O)[nH]2)n1. The first-order chi connectivity index (χ1) is 17.2. The van der Waals surface area contributed by atoms with Crippen LogP contribution in [0.25, 0.3) is 22.7 Å². The number of nitro benzene ring substituents is 1. The summed E-state index contributed by atoms with van der Waals surface area (Å²) in [6.45, 7) is 1.68. The second-order valence-electron chi connectivity index (χ2n) is 7.62. The molecule has 0 radical (unpaired) electrons. The van der Waals surface area contributed by atoms with Crippen molar-refractivity contribution < 1.29 is 9.72 Å². The maximum Gasteiger partial charge on any atom is 0.270 e. The van der Waals surface area contributed by atoms with E-state index in [-0.39, 0.29) is 39.1 Å². The Hall–Kier alpha value is -4.55. The standard InChI is InChI=1S/C22H14Cl2N8O4/c1-11-7-18(26-20(33)15-9-14(32(35)36)5-6-17(15)24)31(29-11)22-27-19-16(21(34)28-22)10-25-30(19)13-4-2-3-12(23)8-13/h2-10H,1H3,(H,26,33)(H,27,28,34). The minimum Gasteiger partial charge on any atom is -0.306 e. The number of hydrogen-bond acceptors (Lipinski definition) is 7. The predicted molar refractivity (Wildman–Crippen MR) is 132 cm³/mol. The molecule has 14 heteroatoms. The first-order valence-electron chi connectivity index (χ1n) is 10.3. The Morgan fingerprint density at radius 2 is 1.94 bits per heavy atom. The van der Waals surface area contributed by atoms with Crippen molar-refractivity contribution in [1.29, 1.82) is 0 Å². The molecule has 0 aliphatic rings. The molecule has 3 aromatic heterocycles. The van der Waals surface area contributed by atoms with Gasteiger partial charge in [-0.1, -0.05) is 29.3 Å². The molecular formula is C22H14Cl2N8O4. The smallest absolute Gasteiger partial charge is 0.270 e. The number of aryl methyl sites for hydroxylation is 1. The van der Waals surface area contributed by atoms with E-state index in [9.17, 15) is 19.7 Å². The summed E-state index contributed by atoms with van der Waals surface area (Å²) < 4.78 is 2.69. The fourth-order valence-electron chi connectivity index (χ4n) is 3.54. The number of nitrogens with zero attached hydrogens (tertiary/aromatic N) is 6. The molecule has 1 amide bonds. The van der Waals surface area contributed by atoms with E-state index in [4.69, 9.17) is 23.2 Å². The summed E-state index contributed by atoms with van der Waals surface area (Å²) in [6, 6.07) is 11.9. The van der Waals surface area contributed by atoms with Crippen LogP contribution < -0.4 is 10.9 Å². The summed E-state index contributed by atoms with van der Waals surface area (Å²) in [6.07, 6.45) is 1.38. The number of amides is 1. The number of nitro groups is 1. The van der Waals surface area contributed by atoms with Crippen LogP contribution in [0.1, 0.15) is 16.1 Å². The van der Waals surface area contributed by atoms with E-state index in [0.717, 1.165) is 6.07 Å². The van der Waals surface area contributed by atoms with Crippen LogP contribution in [0, 0.1) is 17.0 Å². The highest BCUT2D eigenvalue weighted by atomic mass is 35.5. The number of non-ortho nitro benzene ring substituents is 1. The summed E-state index contributed by atoms with van der Waals surface area (Å²) in [7, 11) is 0. The maximum atomic E-state index is 12.9. The van der Waals surface area contributed by atoms with Crippen LogP contribution in [0.3, 0.4) is 0 Å². The molecule has 0 aliphatic carbocycles. The van der Waals surface area contributed by atoms with Gasteiger partial charge in [0.25, 0.3) is 17.2 Å². The molecule has 3 heterocycles. The lowest BCUT2D eigenvalue weighted by molar-refractivity contribution is -0.384. The average molecular weight is 525 g/mol. The Morgan fingerprint density at radius 1 is 1.14 bits per heavy atom. The highest BCUT2D eigenvalue weighted by Gasteiger charge is 2.20. The van der Waals surface area contributed by atoms with Crippen LogP contribution in [-0.2, 0) is 0 Å². The van der Waals surface area contributed by atoms with Gasteiger partial charge >= 0.3 is 0 Å². The van der Waals surface area contributed by atoms with Gasteiger partial charge in [-0.2, -0.15) is 19.9 Å². The number of aromatic nitrogens is 6. The molecule has 0 fully saturated rings. The number of aromatic amines is 1. The molecule has 0 atom stereocenters. The molecule has 0 bridgehead atoms. The third kappa shape index (κ3) is 4.19. The highest BCUT2D eigenvalue weighted by molar-refractivity contribution is 6.34. The molecule has 5 aromatic rings. The molecule has 2 aromatic carbocycles. The van der Waals surface area contributed by atoms with Gasteiger partial charge in [-0.25, -0.2) is 4.68 Å². The third-order valence-electron chi connectivity index (χ3n) is 5.16. The summed E-state index contributed by atoms with van der Waals surface area (Å²) in [5, 5.41) is 23.1. The normalized spacial score (nSPS) is 11.1. The largest absolute Gasteiger partial charge is 0.306 e. The Morgan fingerprint density at radius 3 is 2.69 bits per heavy atom. The first kappa shape index (κ1) is 23.2. The van der Waals surface area contributed by atoms with E-state index in [1.807, 2.05) is 0 Å². The van der Waals surface area contributed by atoms with Crippen molar-refractivity contribution in [3.8, 4) is 11.6 Å². The molecule has 5 rings (SSSR count). The van der Waals surface area contributed by atoms with Gasteiger partial charge in [0.1, 0.15) is 11.2 Å². The van der Waals surface area contributed by atoms with Gasteiger partial charge in [-0.05, 0) is 31.2 Å². The minimum atomic E-state index is -0.711. The zero-order valence-corrected chi connectivity index (χ0v) is 19.8. The van der Waals surface area contributed by atoms with E-state index < -0.39 is 16.4 Å². The van der Waals surface area contributed by atoms with E-state index in [1.54, 1.807) is 37.3 Å². The second-order valence-corrected chi connectivity index (χ2v) is 8.46. The average Bonchev–Trinajstić information content (AvgIpc) is 3.42. The molecule has 0 spiro atoms. The molecule has 0 unspecified atom stereocenters. The van der Waals surface area contributed by atoms with E-state index in [1.165, 1.54) is 27.7 Å². The first-order valence-corrected chi connectivity index (χ1v) is 11.0. The van der Waals surface area contributed by atoms with Crippen molar-refractivity contribution in [3.05, 3.63) is 96.5 Å². The quantitative estimate of drug-likeness (QED) is 0.259. The number of rotatable bonds is 5. The lowest BCUT2D eigenvalue weighted by Gasteiger charge is -2.10. The molecular weight excluding hydrogens is 511 g/mol. The van der Waals surface area contributed by atoms with E-state index >= 15 is 0 Å². The van der Waals surface area contributed by atoms with Gasteiger partial charge in [0.05, 0.1) is 33.1 Å². The summed E-state index contributed by atoms with van der Waals surface area (Å²) in [5.41, 5.74) is 0.458. The monoisotopic (exact) mass is 524 g/mol. The molecule has 36 heavy (non-hydrogen) atoms. The number of H-pyrrole nitrogens is 1. The second kappa shape index (κ2) is 8.91. The van der Waals surface area contributed by atoms with Crippen molar-refractivity contribution in [2.75, 3.05) is 5.32 Å². The Labute approximate surface area is 211 Å². The fourth-order valence-corrected chi connectivity index (χ4v) is 3.93. The molecule has 12 nitrogen and oxygen atoms in total. The van der Waals surface area contributed by atoms with Gasteiger partial charge in [0.2, 0.25) is 5.95 Å². The molecule has 180 valence electrons. The number of benzene rings is 2. The Bertz CT molecular complexity index is 1740. The van der Waals surface area contributed by atoms with Crippen molar-refractivity contribution in [2.45, 2.75) is 6.92 Å². The predicted octanol–water partition coefficient (Wildman–Crippen LogP) is 4.07. The third-order valence-corrected chi connectivity index (χ3v) is 5.72. The molecule has 0 saturated carbocycles. The van der Waals surface area contributed by atoms with Gasteiger partial charge in [-0.3, -0.25) is 24.7 Å². The van der Waals surface area contributed by atoms with Gasteiger partial charge in [0, 0.05) is 23.2 Å². The fraction of sp³-hybridized carbons (Fsp3) is 0.0455. The molecule has 2 N–H and O–H groups in total. The Kier molecular flexibility index (Phi) is 5.74. The van der Waals surface area contributed by atoms with Crippen molar-refractivity contribution in [2.24, 2.45) is 0 Å². The lowest BCUT2D eigenvalue weighted by Crippen LogP contribution is -2.19. The molecule has 0 aliphatic heterocycles. The maximum absolute atomic E-state index is 12.9. The van der Waals surface area contributed by atoms with Gasteiger partial charge in [-0.15, -0.1) is 0 Å². The van der Waals surface area contributed by atoms with E-state index in [0.29, 0.717) is 16.4 Å². The number of carbonyl (C=O) groups excluding carboxylic acids is 1. The van der Waals surface area contributed by atoms with Gasteiger partial charge in [0.15, 0.2) is 5.65 Å². The van der Waals surface area contributed by atoms with Crippen LogP contribution in [0.15, 0.2) is 59.5 Å². The zero-order valence-electron chi connectivity index (χ0n) is 18.3. The van der Waals surface area contributed by atoms with Crippen LogP contribution in [-0.4, -0.2) is 40.4 Å². The summed E-state index contributed by atoms with van der Waals surface area (Å²) >= 11 is 12.2.